The second-order valence-electron chi connectivity index (χ2n) is 0. The van der Waals surface area contributed by atoms with Crippen LogP contribution in [-0.4, -0.2) is 0 Å². The number of hydrogen-bond donors (Lipinski definition) is 0. The van der Waals surface area contributed by atoms with Crippen molar-refractivity contribution in [1.29, 1.82) is 0 Å². The van der Waals surface area contributed by atoms with E-state index in [1.54, 1.807) is 9.12 Å². The van der Waals surface area contributed by atoms with Gasteiger partial charge in [-0.05, 0) is 0 Å². The molecular weight excluding hydrogens is 129 g/mol. The van der Waals surface area contributed by atoms with Crippen LogP contribution in [0, 0.1) is 0 Å². The van der Waals surface area contributed by atoms with Gasteiger partial charge in [-0.2, -0.15) is 0 Å². The molecule has 0 aromatic heterocycles. The summed E-state index contributed by atoms with van der Waals surface area (Å²) >= 11 is 0. The molecular formula is H2NaNiOP. The van der Waals surface area contributed by atoms with Crippen LogP contribution in [0.3, 0.4) is 0 Å². The van der Waals surface area contributed by atoms with Gasteiger partial charge in [0.05, 0.1) is 0 Å². The summed E-state index contributed by atoms with van der Waals surface area (Å²) < 4.78 is 8.06. The predicted molar refractivity (Wildman–Crippen MR) is 10.1 cm³/mol. The van der Waals surface area contributed by atoms with Crippen molar-refractivity contribution in [2.45, 2.75) is 0 Å². The molecule has 0 saturated carbocycles. The van der Waals surface area contributed by atoms with Gasteiger partial charge in [-0.25, -0.2) is 0 Å². The molecule has 0 saturated heterocycles. The predicted octanol–water partition coefficient (Wildman–Crippen LogP) is -2.41. The van der Waals surface area contributed by atoms with Crippen molar-refractivity contribution in [2.75, 3.05) is 0 Å². The summed E-state index contributed by atoms with van der Waals surface area (Å²) in [6, 6.07) is 0. The van der Waals surface area contributed by atoms with Gasteiger partial charge < -0.3 is 1.43 Å². The summed E-state index contributed by atoms with van der Waals surface area (Å²) in [5, 5.41) is 0. The van der Waals surface area contributed by atoms with Gasteiger partial charge in [-0.15, -0.1) is 0 Å². The Hall–Kier alpha value is 1.59. The quantitative estimate of drug-likeness (QED) is 0.264. The third kappa shape index (κ3) is 9.52. The van der Waals surface area contributed by atoms with Crippen molar-refractivity contribution >= 4 is 9.12 Å². The molecule has 4 heteroatoms. The molecule has 0 heterocycles. The van der Waals surface area contributed by atoms with Crippen molar-refractivity contribution in [1.82, 2.24) is 0 Å². The van der Waals surface area contributed by atoms with Crippen molar-refractivity contribution in [3.63, 3.8) is 0 Å². The second kappa shape index (κ2) is 23.4. The molecule has 0 bridgehead atoms. The molecule has 1 nitrogen and oxygen atoms in total. The molecule has 0 fully saturated rings. The molecule has 0 amide bonds. The van der Waals surface area contributed by atoms with Crippen LogP contribution in [0.5, 0.6) is 0 Å². The Balaban J connectivity index is -0.00000000167. The van der Waals surface area contributed by atoms with E-state index in [1.165, 1.54) is 0 Å². The second-order valence-corrected chi connectivity index (χ2v) is 0. The van der Waals surface area contributed by atoms with E-state index in [4.69, 9.17) is 4.57 Å². The molecule has 0 spiro atoms. The van der Waals surface area contributed by atoms with E-state index in [-0.39, 0.29) is 47.5 Å². The molecule has 0 aliphatic carbocycles. The van der Waals surface area contributed by atoms with E-state index in [0.717, 1.165) is 0 Å². The third-order valence-corrected chi connectivity index (χ3v) is 0. The van der Waals surface area contributed by atoms with E-state index in [0.29, 0.717) is 0 Å². The first-order valence-electron chi connectivity index (χ1n) is 0.204. The minimum Gasteiger partial charge on any atom is -1.00 e. The Morgan fingerprint density at radius 2 is 1.50 bits per heavy atom. The van der Waals surface area contributed by atoms with E-state index in [2.05, 4.69) is 0 Å². The summed E-state index contributed by atoms with van der Waals surface area (Å²) in [6.45, 7) is 0. The first-order chi connectivity index (χ1) is 1.00. The summed E-state index contributed by atoms with van der Waals surface area (Å²) in [5.41, 5.74) is 0. The zero-order chi connectivity index (χ0) is 2.00. The average molecular weight is 131 g/mol. The van der Waals surface area contributed by atoms with Crippen LogP contribution >= 0.6 is 9.12 Å². The van der Waals surface area contributed by atoms with Gasteiger partial charge in [-0.1, -0.05) is 0 Å². The van der Waals surface area contributed by atoms with Crippen LogP contribution in [-0.2, 0) is 21.1 Å². The van der Waals surface area contributed by atoms with Gasteiger partial charge in [0.2, 0.25) is 0 Å². The molecule has 4 heavy (non-hydrogen) atoms. The molecule has 0 N–H and O–H groups in total. The number of hydrogen-bond acceptors (Lipinski definition) is 1. The maximum Gasteiger partial charge on any atom is 1.00 e. The minimum absolute atomic E-state index is 0. The fraction of sp³-hybridized carbons (Fsp3) is 0. The van der Waals surface area contributed by atoms with Gasteiger partial charge in [0.15, 0.2) is 0 Å². The van der Waals surface area contributed by atoms with Gasteiger partial charge in [0.1, 0.15) is 9.12 Å². The Morgan fingerprint density at radius 1 is 1.50 bits per heavy atom. The Labute approximate surface area is 60.9 Å². The van der Waals surface area contributed by atoms with E-state index >= 15 is 0 Å². The molecule has 0 aromatic carbocycles. The summed E-state index contributed by atoms with van der Waals surface area (Å²) in [4.78, 5) is 0. The van der Waals surface area contributed by atoms with Crippen molar-refractivity contribution in [3.8, 4) is 0 Å². The summed E-state index contributed by atoms with van der Waals surface area (Å²) in [5.74, 6) is 0. The smallest absolute Gasteiger partial charge is 1.00 e. The first-order valence-corrected chi connectivity index (χ1v) is 0.612. The van der Waals surface area contributed by atoms with E-state index in [9.17, 15) is 0 Å². The zero-order valence-corrected chi connectivity index (χ0v) is 6.21. The zero-order valence-electron chi connectivity index (χ0n) is 3.22. The van der Waals surface area contributed by atoms with Crippen LogP contribution in [0.25, 0.3) is 0 Å². The molecule has 24 valence electrons. The monoisotopic (exact) mass is 130 g/mol. The van der Waals surface area contributed by atoms with Crippen molar-refractivity contribution < 1.29 is 52.0 Å². The SMILES string of the molecule is O=P.[H-].[Na+].[Ni]. The summed E-state index contributed by atoms with van der Waals surface area (Å²) in [7, 11) is 1.72. The van der Waals surface area contributed by atoms with Crippen LogP contribution in [0.2, 0.25) is 0 Å². The Kier molecular flexibility index (Phi) is 102. The van der Waals surface area contributed by atoms with Crippen LogP contribution in [0.4, 0.5) is 0 Å². The van der Waals surface area contributed by atoms with Crippen LogP contribution < -0.4 is 29.6 Å². The topological polar surface area (TPSA) is 17.1 Å². The van der Waals surface area contributed by atoms with E-state index < -0.39 is 0 Å². The van der Waals surface area contributed by atoms with Crippen molar-refractivity contribution in [2.24, 2.45) is 0 Å². The minimum atomic E-state index is 0. The average Bonchev–Trinajstić information content (AvgIpc) is 1.00. The standard InChI is InChI=1S/Na.Ni.HOP.H/c;;1-2;/h;;2H;/q+1;;;-1. The van der Waals surface area contributed by atoms with Crippen LogP contribution in [0.15, 0.2) is 0 Å². The summed E-state index contributed by atoms with van der Waals surface area (Å²) in [6.07, 6.45) is 0. The molecule has 0 rings (SSSR count). The van der Waals surface area contributed by atoms with Gasteiger partial charge in [0.25, 0.3) is 0 Å². The molecule has 0 aliphatic rings. The van der Waals surface area contributed by atoms with Crippen molar-refractivity contribution in [3.05, 3.63) is 0 Å². The first kappa shape index (κ1) is 17.5. The van der Waals surface area contributed by atoms with E-state index in [1.807, 2.05) is 0 Å². The molecule has 0 unspecified atom stereocenters. The van der Waals surface area contributed by atoms with Crippen LogP contribution in [0.1, 0.15) is 1.43 Å². The maximum absolute atomic E-state index is 8.06. The molecule has 0 aliphatic heterocycles. The Bertz CT molecular complexity index is 11.6. The fourth-order valence-electron chi connectivity index (χ4n) is 0. The normalized spacial score (nSPS) is 1.00. The van der Waals surface area contributed by atoms with Gasteiger partial charge in [-0.3, -0.25) is 4.57 Å². The number of rotatable bonds is 0. The van der Waals surface area contributed by atoms with Gasteiger partial charge >= 0.3 is 29.6 Å². The largest absolute Gasteiger partial charge is 1.00 e. The van der Waals surface area contributed by atoms with Gasteiger partial charge in [0, 0.05) is 16.5 Å². The maximum atomic E-state index is 8.06. The molecule has 0 radical (unpaired) electrons. The Morgan fingerprint density at radius 3 is 1.50 bits per heavy atom. The molecule has 0 atom stereocenters. The molecule has 0 aromatic rings. The fourth-order valence-corrected chi connectivity index (χ4v) is 0. The third-order valence-electron chi connectivity index (χ3n) is 0.